The summed E-state index contributed by atoms with van der Waals surface area (Å²) in [6.45, 7) is 2.04. The first-order valence-corrected chi connectivity index (χ1v) is 12.4. The van der Waals surface area contributed by atoms with Gasteiger partial charge in [-0.15, -0.1) is 0 Å². The van der Waals surface area contributed by atoms with Crippen LogP contribution in [0.1, 0.15) is 16.1 Å². The normalized spacial score (nSPS) is 12.9. The first kappa shape index (κ1) is 26.8. The molecule has 1 saturated heterocycles. The number of nitrogens with zero attached hydrogens (tertiary/aromatic N) is 4. The van der Waals surface area contributed by atoms with Gasteiger partial charge in [0.15, 0.2) is 17.3 Å². The summed E-state index contributed by atoms with van der Waals surface area (Å²) in [5.41, 5.74) is 0.462. The molecule has 0 aliphatic carbocycles. The minimum Gasteiger partial charge on any atom is -0.454 e. The summed E-state index contributed by atoms with van der Waals surface area (Å²) < 4.78 is 21.6. The van der Waals surface area contributed by atoms with Gasteiger partial charge in [0.25, 0.3) is 11.5 Å². The molecule has 1 fully saturated rings. The largest absolute Gasteiger partial charge is 0.454 e. The maximum Gasteiger partial charge on any atom is 0.323 e. The number of amides is 3. The summed E-state index contributed by atoms with van der Waals surface area (Å²) in [4.78, 5) is 43.0. The molecule has 4 aromatic rings. The van der Waals surface area contributed by atoms with E-state index in [0.29, 0.717) is 16.3 Å². The molecule has 0 unspecified atom stereocenters. The van der Waals surface area contributed by atoms with Crippen LogP contribution in [0.2, 0.25) is 5.02 Å². The summed E-state index contributed by atoms with van der Waals surface area (Å²) in [6, 6.07) is 14.0. The maximum atomic E-state index is 14.9. The second-order valence-corrected chi connectivity index (χ2v) is 9.41. The molecular weight excluding hydrogens is 543 g/mol. The molecule has 40 heavy (non-hydrogen) atoms. The summed E-state index contributed by atoms with van der Waals surface area (Å²) in [6.07, 6.45) is 0.856. The molecular formula is C27H22ClFN6O5. The van der Waals surface area contributed by atoms with Crippen molar-refractivity contribution >= 4 is 35.0 Å². The van der Waals surface area contributed by atoms with Crippen LogP contribution in [0.25, 0.3) is 5.69 Å². The van der Waals surface area contributed by atoms with E-state index < -0.39 is 29.4 Å². The Morgan fingerprint density at radius 2 is 1.82 bits per heavy atom. The Balaban J connectivity index is 1.28. The van der Waals surface area contributed by atoms with Crippen molar-refractivity contribution in [2.45, 2.75) is 13.0 Å². The molecule has 13 heteroatoms. The van der Waals surface area contributed by atoms with Gasteiger partial charge in [-0.2, -0.15) is 9.78 Å². The molecule has 0 saturated carbocycles. The second-order valence-electron chi connectivity index (χ2n) is 8.97. The Hall–Kier alpha value is -4.81. The van der Waals surface area contributed by atoms with Crippen molar-refractivity contribution in [2.75, 3.05) is 23.7 Å². The first-order valence-electron chi connectivity index (χ1n) is 12.0. The fraction of sp³-hybridized carbons (Fsp3) is 0.148. The van der Waals surface area contributed by atoms with E-state index in [9.17, 15) is 23.9 Å². The number of halogens is 2. The van der Waals surface area contributed by atoms with Crippen molar-refractivity contribution in [3.8, 4) is 17.2 Å². The van der Waals surface area contributed by atoms with Gasteiger partial charge in [0.05, 0.1) is 24.9 Å². The monoisotopic (exact) mass is 564 g/mol. The van der Waals surface area contributed by atoms with Gasteiger partial charge in [-0.1, -0.05) is 11.6 Å². The lowest BCUT2D eigenvalue weighted by atomic mass is 10.2. The van der Waals surface area contributed by atoms with E-state index in [0.717, 1.165) is 10.7 Å². The van der Waals surface area contributed by atoms with E-state index in [1.54, 1.807) is 31.2 Å². The summed E-state index contributed by atoms with van der Waals surface area (Å²) in [5, 5.41) is 19.2. The van der Waals surface area contributed by atoms with E-state index >= 15 is 0 Å². The molecule has 11 nitrogen and oxygen atoms in total. The number of likely N-dealkylation sites (tertiary alicyclic amines) is 1. The van der Waals surface area contributed by atoms with Gasteiger partial charge in [-0.25, -0.2) is 14.2 Å². The van der Waals surface area contributed by atoms with Crippen molar-refractivity contribution in [2.24, 2.45) is 0 Å². The van der Waals surface area contributed by atoms with Crippen LogP contribution < -0.4 is 20.9 Å². The Labute approximate surface area is 231 Å². The van der Waals surface area contributed by atoms with E-state index in [1.807, 2.05) is 0 Å². The number of nitrogens with one attached hydrogen (secondary N) is 2. The number of rotatable bonds is 6. The molecule has 3 N–H and O–H groups in total. The molecule has 1 aliphatic rings. The standard InChI is InChI=1S/C27H22ClFN6O5/c1-15-10-24(37)35(18-5-2-16(28)3-6-18)33-25(15)26(38)31-17-4-7-22(21(29)11-17)40-20-8-9-30-23(12-20)32-27(39)34-13-19(36)14-34/h2-12,19,36H,13-14H2,1H3,(H,31,38)(H,30,32,39). The number of aliphatic hydroxyl groups excluding tert-OH is 1. The zero-order valence-corrected chi connectivity index (χ0v) is 21.7. The van der Waals surface area contributed by atoms with Crippen LogP contribution in [0.4, 0.5) is 20.7 Å². The highest BCUT2D eigenvalue weighted by molar-refractivity contribution is 6.30. The SMILES string of the molecule is Cc1cc(=O)n(-c2ccc(Cl)cc2)nc1C(=O)Nc1ccc(Oc2ccnc(NC(=O)N3CC(O)C3)c2)c(F)c1. The molecule has 0 spiro atoms. The summed E-state index contributed by atoms with van der Waals surface area (Å²) in [5.74, 6) is -1.12. The highest BCUT2D eigenvalue weighted by atomic mass is 35.5. The van der Waals surface area contributed by atoms with Crippen LogP contribution in [-0.2, 0) is 0 Å². The second kappa shape index (κ2) is 11.1. The number of benzene rings is 2. The van der Waals surface area contributed by atoms with Crippen molar-refractivity contribution in [1.82, 2.24) is 19.7 Å². The number of aryl methyl sites for hydroxylation is 1. The highest BCUT2D eigenvalue weighted by Gasteiger charge is 2.29. The minimum absolute atomic E-state index is 0.0191. The predicted octanol–water partition coefficient (Wildman–Crippen LogP) is 3.98. The average Bonchev–Trinajstić information content (AvgIpc) is 2.89. The molecule has 0 bridgehead atoms. The number of aromatic nitrogens is 3. The number of β-amino-alcohol motifs (C(OH)–C–C–N with tert-alkyl or cyclic N) is 1. The third-order valence-corrected chi connectivity index (χ3v) is 6.19. The molecule has 2 aromatic heterocycles. The third kappa shape index (κ3) is 5.92. The lowest BCUT2D eigenvalue weighted by Gasteiger charge is -2.35. The van der Waals surface area contributed by atoms with Gasteiger partial charge in [0.1, 0.15) is 11.6 Å². The lowest BCUT2D eigenvalue weighted by Crippen LogP contribution is -2.54. The Kier molecular flexibility index (Phi) is 7.45. The molecule has 0 radical (unpaired) electrons. The van der Waals surface area contributed by atoms with Crippen LogP contribution in [0.5, 0.6) is 11.5 Å². The van der Waals surface area contributed by atoms with Crippen LogP contribution in [0.3, 0.4) is 0 Å². The highest BCUT2D eigenvalue weighted by Crippen LogP contribution is 2.28. The van der Waals surface area contributed by atoms with Gasteiger partial charge < -0.3 is 20.1 Å². The maximum absolute atomic E-state index is 14.9. The summed E-state index contributed by atoms with van der Waals surface area (Å²) in [7, 11) is 0. The van der Waals surface area contributed by atoms with Crippen LogP contribution in [0.15, 0.2) is 71.7 Å². The van der Waals surface area contributed by atoms with Crippen LogP contribution >= 0.6 is 11.6 Å². The quantitative estimate of drug-likeness (QED) is 0.322. The van der Waals surface area contributed by atoms with Crippen molar-refractivity contribution in [3.63, 3.8) is 0 Å². The predicted molar refractivity (Wildman–Crippen MR) is 145 cm³/mol. The topological polar surface area (TPSA) is 139 Å². The van der Waals surface area contributed by atoms with Gasteiger partial charge in [-0.3, -0.25) is 14.9 Å². The molecule has 1 aliphatic heterocycles. The fourth-order valence-corrected chi connectivity index (χ4v) is 3.99. The Bertz CT molecular complexity index is 1660. The van der Waals surface area contributed by atoms with Gasteiger partial charge >= 0.3 is 6.03 Å². The number of carbonyl (C=O) groups is 2. The third-order valence-electron chi connectivity index (χ3n) is 5.94. The van der Waals surface area contributed by atoms with Crippen molar-refractivity contribution < 1.29 is 23.8 Å². The van der Waals surface area contributed by atoms with E-state index in [4.69, 9.17) is 16.3 Å². The van der Waals surface area contributed by atoms with Crippen molar-refractivity contribution in [1.29, 1.82) is 0 Å². The summed E-state index contributed by atoms with van der Waals surface area (Å²) >= 11 is 5.91. The van der Waals surface area contributed by atoms with E-state index in [-0.39, 0.29) is 41.8 Å². The Morgan fingerprint density at radius 1 is 1.07 bits per heavy atom. The number of aliphatic hydroxyl groups is 1. The molecule has 5 rings (SSSR count). The van der Waals surface area contributed by atoms with Gasteiger partial charge in [0.2, 0.25) is 0 Å². The number of ether oxygens (including phenoxy) is 1. The van der Waals surface area contributed by atoms with Crippen LogP contribution in [0, 0.1) is 12.7 Å². The molecule has 3 heterocycles. The average molecular weight is 565 g/mol. The number of carbonyl (C=O) groups excluding carboxylic acids is 2. The smallest absolute Gasteiger partial charge is 0.323 e. The number of urea groups is 1. The minimum atomic E-state index is -0.759. The number of anilines is 2. The fourth-order valence-electron chi connectivity index (χ4n) is 3.87. The Morgan fingerprint density at radius 3 is 2.52 bits per heavy atom. The van der Waals surface area contributed by atoms with Gasteiger partial charge in [0, 0.05) is 35.1 Å². The zero-order chi connectivity index (χ0) is 28.4. The van der Waals surface area contributed by atoms with Gasteiger partial charge in [-0.05, 0) is 55.0 Å². The lowest BCUT2D eigenvalue weighted by molar-refractivity contribution is 0.0308. The first-order chi connectivity index (χ1) is 19.2. The molecule has 2 aromatic carbocycles. The molecule has 0 atom stereocenters. The number of hydrogen-bond donors (Lipinski definition) is 3. The molecule has 3 amide bonds. The number of pyridine rings is 1. The van der Waals surface area contributed by atoms with E-state index in [1.165, 1.54) is 41.4 Å². The van der Waals surface area contributed by atoms with Crippen molar-refractivity contribution in [3.05, 3.63) is 99.3 Å². The van der Waals surface area contributed by atoms with Crippen LogP contribution in [-0.4, -0.2) is 55.9 Å². The van der Waals surface area contributed by atoms with E-state index in [2.05, 4.69) is 20.7 Å². The zero-order valence-electron chi connectivity index (χ0n) is 21.0. The molecule has 204 valence electrons. The number of hydrogen-bond acceptors (Lipinski definition) is 7.